The summed E-state index contributed by atoms with van der Waals surface area (Å²) in [7, 11) is 0. The molecule has 0 aliphatic carbocycles. The summed E-state index contributed by atoms with van der Waals surface area (Å²) in [6.07, 6.45) is 3.36. The van der Waals surface area contributed by atoms with E-state index < -0.39 is 4.92 Å². The van der Waals surface area contributed by atoms with E-state index in [0.29, 0.717) is 0 Å². The monoisotopic (exact) mass is 276 g/mol. The summed E-state index contributed by atoms with van der Waals surface area (Å²) in [6.45, 7) is 0.973. The highest BCUT2D eigenvalue weighted by atomic mass is 35.5. The molecule has 1 saturated heterocycles. The molecule has 6 heteroatoms. The molecule has 4 nitrogen and oxygen atoms in total. The second-order valence-corrected chi connectivity index (χ2v) is 4.38. The molecule has 1 aromatic carbocycles. The molecule has 0 bridgehead atoms. The van der Waals surface area contributed by atoms with Crippen LogP contribution in [0.4, 0.5) is 5.69 Å². The Hall–Kier alpha value is -0.840. The molecule has 1 heterocycles. The van der Waals surface area contributed by atoms with Gasteiger partial charge < -0.3 is 5.32 Å². The molecule has 1 aliphatic heterocycles. The fraction of sp³-hybridized carbons (Fsp3) is 0.455. The SMILES string of the molecule is Cl.O=[N+]([O-])c1cc([C@H]2CCCCN2)ccc1Cl. The zero-order valence-corrected chi connectivity index (χ0v) is 10.8. The number of halogens is 2. The Morgan fingerprint density at radius 1 is 1.41 bits per heavy atom. The molecular weight excluding hydrogens is 263 g/mol. The number of hydrogen-bond donors (Lipinski definition) is 1. The number of nitro groups is 1. The van der Waals surface area contributed by atoms with E-state index >= 15 is 0 Å². The molecular formula is C11H14Cl2N2O2. The Bertz CT molecular complexity index is 406. The van der Waals surface area contributed by atoms with Gasteiger partial charge in [0, 0.05) is 12.1 Å². The maximum atomic E-state index is 10.8. The lowest BCUT2D eigenvalue weighted by Crippen LogP contribution is -2.26. The first kappa shape index (κ1) is 14.2. The summed E-state index contributed by atoms with van der Waals surface area (Å²) < 4.78 is 0. The lowest BCUT2D eigenvalue weighted by Gasteiger charge is -2.23. The zero-order valence-electron chi connectivity index (χ0n) is 9.19. The second-order valence-electron chi connectivity index (χ2n) is 3.97. The van der Waals surface area contributed by atoms with Gasteiger partial charge in [0.2, 0.25) is 0 Å². The molecule has 1 aliphatic rings. The van der Waals surface area contributed by atoms with Gasteiger partial charge in [-0.2, -0.15) is 0 Å². The predicted octanol–water partition coefficient (Wildman–Crippen LogP) is 3.48. The number of piperidine rings is 1. The quantitative estimate of drug-likeness (QED) is 0.665. The molecule has 1 aromatic rings. The van der Waals surface area contributed by atoms with Gasteiger partial charge in [-0.05, 0) is 31.0 Å². The van der Waals surface area contributed by atoms with Crippen molar-refractivity contribution in [3.63, 3.8) is 0 Å². The molecule has 2 rings (SSSR count). The van der Waals surface area contributed by atoms with Crippen LogP contribution in [0.2, 0.25) is 5.02 Å². The van der Waals surface area contributed by atoms with Crippen molar-refractivity contribution in [2.24, 2.45) is 0 Å². The molecule has 0 spiro atoms. The Balaban J connectivity index is 0.00000144. The Morgan fingerprint density at radius 2 is 2.18 bits per heavy atom. The Morgan fingerprint density at radius 3 is 2.76 bits per heavy atom. The van der Waals surface area contributed by atoms with Crippen LogP contribution in [0.1, 0.15) is 30.9 Å². The van der Waals surface area contributed by atoms with Crippen LogP contribution in [-0.4, -0.2) is 11.5 Å². The van der Waals surface area contributed by atoms with Crippen LogP contribution in [-0.2, 0) is 0 Å². The number of nitro benzene ring substituents is 1. The summed E-state index contributed by atoms with van der Waals surface area (Å²) in [5.41, 5.74) is 0.947. The van der Waals surface area contributed by atoms with E-state index in [1.54, 1.807) is 12.1 Å². The number of nitrogens with one attached hydrogen (secondary N) is 1. The van der Waals surface area contributed by atoms with Crippen molar-refractivity contribution in [1.82, 2.24) is 5.32 Å². The summed E-state index contributed by atoms with van der Waals surface area (Å²) in [6, 6.07) is 5.26. The highest BCUT2D eigenvalue weighted by molar-refractivity contribution is 6.32. The standard InChI is InChI=1S/C11H13ClN2O2.ClH/c12-9-5-4-8(7-11(9)14(15)16)10-3-1-2-6-13-10;/h4-5,7,10,13H,1-3,6H2;1H/t10-;/m1./s1. The lowest BCUT2D eigenvalue weighted by molar-refractivity contribution is -0.384. The van der Waals surface area contributed by atoms with Crippen molar-refractivity contribution in [3.8, 4) is 0 Å². The van der Waals surface area contributed by atoms with Crippen molar-refractivity contribution >= 4 is 29.7 Å². The Labute approximate surface area is 111 Å². The van der Waals surface area contributed by atoms with Crippen molar-refractivity contribution < 1.29 is 4.92 Å². The highest BCUT2D eigenvalue weighted by Gasteiger charge is 2.19. The minimum absolute atomic E-state index is 0. The van der Waals surface area contributed by atoms with Crippen molar-refractivity contribution in [2.75, 3.05) is 6.54 Å². The smallest absolute Gasteiger partial charge is 0.288 e. The molecule has 0 unspecified atom stereocenters. The van der Waals surface area contributed by atoms with Crippen LogP contribution >= 0.6 is 24.0 Å². The van der Waals surface area contributed by atoms with Crippen molar-refractivity contribution in [1.29, 1.82) is 0 Å². The molecule has 0 aromatic heterocycles. The number of rotatable bonds is 2. The van der Waals surface area contributed by atoms with Gasteiger partial charge in [0.05, 0.1) is 4.92 Å². The van der Waals surface area contributed by atoms with Gasteiger partial charge in [0.25, 0.3) is 5.69 Å². The second kappa shape index (κ2) is 6.19. The predicted molar refractivity (Wildman–Crippen MR) is 69.9 cm³/mol. The number of benzene rings is 1. The summed E-state index contributed by atoms with van der Waals surface area (Å²) in [4.78, 5) is 10.3. The van der Waals surface area contributed by atoms with Crippen LogP contribution in [0.15, 0.2) is 18.2 Å². The van der Waals surface area contributed by atoms with Crippen molar-refractivity contribution in [2.45, 2.75) is 25.3 Å². The van der Waals surface area contributed by atoms with Gasteiger partial charge in [-0.25, -0.2) is 0 Å². The Kier molecular flexibility index (Phi) is 5.18. The van der Waals surface area contributed by atoms with Gasteiger partial charge in [-0.15, -0.1) is 12.4 Å². The first-order valence-corrected chi connectivity index (χ1v) is 5.73. The maximum absolute atomic E-state index is 10.8. The molecule has 0 saturated carbocycles. The van der Waals surface area contributed by atoms with Gasteiger partial charge in [-0.1, -0.05) is 24.1 Å². The lowest BCUT2D eigenvalue weighted by atomic mass is 9.97. The first-order valence-electron chi connectivity index (χ1n) is 5.35. The molecule has 1 fully saturated rings. The summed E-state index contributed by atoms with van der Waals surface area (Å²) in [5.74, 6) is 0. The fourth-order valence-corrected chi connectivity index (χ4v) is 2.21. The normalized spacial score (nSPS) is 19.5. The first-order chi connectivity index (χ1) is 7.68. The van der Waals surface area contributed by atoms with Gasteiger partial charge in [-0.3, -0.25) is 10.1 Å². The van der Waals surface area contributed by atoms with Gasteiger partial charge in [0.15, 0.2) is 0 Å². The van der Waals surface area contributed by atoms with Crippen molar-refractivity contribution in [3.05, 3.63) is 38.9 Å². The summed E-state index contributed by atoms with van der Waals surface area (Å²) >= 11 is 5.77. The largest absolute Gasteiger partial charge is 0.310 e. The third-order valence-corrected chi connectivity index (χ3v) is 3.20. The third kappa shape index (κ3) is 3.31. The maximum Gasteiger partial charge on any atom is 0.288 e. The molecule has 94 valence electrons. The van der Waals surface area contributed by atoms with Gasteiger partial charge in [0.1, 0.15) is 5.02 Å². The van der Waals surface area contributed by atoms with Gasteiger partial charge >= 0.3 is 0 Å². The van der Waals surface area contributed by atoms with Crippen LogP contribution in [0.5, 0.6) is 0 Å². The van der Waals surface area contributed by atoms with E-state index in [0.717, 1.165) is 24.9 Å². The average Bonchev–Trinajstić information content (AvgIpc) is 2.30. The zero-order chi connectivity index (χ0) is 11.5. The van der Waals surface area contributed by atoms with E-state index in [1.165, 1.54) is 6.42 Å². The fourth-order valence-electron chi connectivity index (χ4n) is 2.02. The van der Waals surface area contributed by atoms with E-state index in [9.17, 15) is 10.1 Å². The van der Waals surface area contributed by atoms with Crippen LogP contribution in [0.3, 0.4) is 0 Å². The molecule has 1 N–H and O–H groups in total. The minimum Gasteiger partial charge on any atom is -0.310 e. The summed E-state index contributed by atoms with van der Waals surface area (Å²) in [5, 5.41) is 14.3. The number of nitrogens with zero attached hydrogens (tertiary/aromatic N) is 1. The van der Waals surface area contributed by atoms with E-state index in [-0.39, 0.29) is 29.2 Å². The number of hydrogen-bond acceptors (Lipinski definition) is 3. The van der Waals surface area contributed by atoms with E-state index in [4.69, 9.17) is 11.6 Å². The molecule has 0 amide bonds. The van der Waals surface area contributed by atoms with Crippen LogP contribution in [0, 0.1) is 10.1 Å². The van der Waals surface area contributed by atoms with E-state index in [2.05, 4.69) is 5.32 Å². The third-order valence-electron chi connectivity index (χ3n) is 2.88. The molecule has 0 radical (unpaired) electrons. The topological polar surface area (TPSA) is 55.2 Å². The van der Waals surface area contributed by atoms with Crippen LogP contribution in [0.25, 0.3) is 0 Å². The molecule has 17 heavy (non-hydrogen) atoms. The highest BCUT2D eigenvalue weighted by Crippen LogP contribution is 2.30. The molecule has 1 atom stereocenters. The average molecular weight is 277 g/mol. The minimum atomic E-state index is -0.436. The van der Waals surface area contributed by atoms with Crippen LogP contribution < -0.4 is 5.32 Å². The van der Waals surface area contributed by atoms with E-state index in [1.807, 2.05) is 6.07 Å².